The predicted octanol–water partition coefficient (Wildman–Crippen LogP) is 2.96. The molecule has 0 bridgehead atoms. The summed E-state index contributed by atoms with van der Waals surface area (Å²) in [6.07, 6.45) is 2.28. The maximum Gasteiger partial charge on any atom is 0.141 e. The lowest BCUT2D eigenvalue weighted by molar-refractivity contribution is 0.403. The fraction of sp³-hybridized carbons (Fsp3) is 0.538. The zero-order chi connectivity index (χ0) is 11.9. The van der Waals surface area contributed by atoms with Crippen molar-refractivity contribution in [2.24, 2.45) is 5.73 Å². The number of nitrogens with two attached hydrogens (primary N) is 1. The number of benzene rings is 1. The maximum atomic E-state index is 6.23. The van der Waals surface area contributed by atoms with Crippen LogP contribution in [0.3, 0.4) is 0 Å². The third kappa shape index (κ3) is 1.61. The summed E-state index contributed by atoms with van der Waals surface area (Å²) in [6, 6.07) is 1.96. The first-order chi connectivity index (χ1) is 7.55. The Balaban J connectivity index is 2.66. The average molecular weight is 240 g/mol. The summed E-state index contributed by atoms with van der Waals surface area (Å²) in [5.41, 5.74) is 9.71. The summed E-state index contributed by atoms with van der Waals surface area (Å²) in [5, 5.41) is 0.695. The Morgan fingerprint density at radius 1 is 1.44 bits per heavy atom. The van der Waals surface area contributed by atoms with E-state index in [1.165, 1.54) is 16.7 Å². The Bertz CT molecular complexity index is 424. The predicted molar refractivity (Wildman–Crippen MR) is 67.4 cm³/mol. The van der Waals surface area contributed by atoms with Gasteiger partial charge in [0.05, 0.1) is 12.1 Å². The van der Waals surface area contributed by atoms with Crippen LogP contribution in [0.5, 0.6) is 5.75 Å². The number of methoxy groups -OCH3 is 1. The third-order valence-electron chi connectivity index (χ3n) is 3.73. The number of rotatable bonds is 3. The lowest BCUT2D eigenvalue weighted by Crippen LogP contribution is -2.22. The number of ether oxygens (including phenoxy) is 1. The van der Waals surface area contributed by atoms with Gasteiger partial charge in [-0.1, -0.05) is 11.6 Å². The van der Waals surface area contributed by atoms with Crippen molar-refractivity contribution in [1.82, 2.24) is 0 Å². The minimum absolute atomic E-state index is 0.116. The van der Waals surface area contributed by atoms with Crippen LogP contribution in [-0.2, 0) is 5.41 Å². The van der Waals surface area contributed by atoms with Crippen LogP contribution in [0.1, 0.15) is 29.5 Å². The van der Waals surface area contributed by atoms with Crippen molar-refractivity contribution < 1.29 is 4.74 Å². The van der Waals surface area contributed by atoms with Crippen LogP contribution in [-0.4, -0.2) is 13.7 Å². The first kappa shape index (κ1) is 11.7. The van der Waals surface area contributed by atoms with E-state index in [9.17, 15) is 0 Å². The van der Waals surface area contributed by atoms with Crippen LogP contribution in [0.25, 0.3) is 0 Å². The number of aryl methyl sites for hydroxylation is 1. The zero-order valence-electron chi connectivity index (χ0n) is 10.1. The fourth-order valence-electron chi connectivity index (χ4n) is 2.40. The van der Waals surface area contributed by atoms with Gasteiger partial charge < -0.3 is 10.5 Å². The van der Waals surface area contributed by atoms with Gasteiger partial charge in [0.25, 0.3) is 0 Å². The Kier molecular flexibility index (Phi) is 2.89. The molecule has 1 aliphatic carbocycles. The molecule has 1 fully saturated rings. The van der Waals surface area contributed by atoms with Crippen LogP contribution in [0.4, 0.5) is 0 Å². The van der Waals surface area contributed by atoms with Crippen LogP contribution in [0.15, 0.2) is 6.07 Å². The van der Waals surface area contributed by atoms with E-state index in [4.69, 9.17) is 22.1 Å². The first-order valence-electron chi connectivity index (χ1n) is 5.60. The molecule has 2 rings (SSSR count). The molecule has 2 nitrogen and oxygen atoms in total. The summed E-state index contributed by atoms with van der Waals surface area (Å²) >= 11 is 6.23. The Morgan fingerprint density at radius 2 is 2.06 bits per heavy atom. The number of hydrogen-bond acceptors (Lipinski definition) is 2. The third-order valence-corrected chi connectivity index (χ3v) is 4.01. The van der Waals surface area contributed by atoms with Gasteiger partial charge in [-0.05, 0) is 43.9 Å². The fourth-order valence-corrected chi connectivity index (χ4v) is 2.73. The van der Waals surface area contributed by atoms with Crippen LogP contribution >= 0.6 is 11.6 Å². The molecule has 0 unspecified atom stereocenters. The molecule has 1 aromatic carbocycles. The van der Waals surface area contributed by atoms with Gasteiger partial charge in [0.2, 0.25) is 0 Å². The molecule has 16 heavy (non-hydrogen) atoms. The Morgan fingerprint density at radius 3 is 2.50 bits per heavy atom. The van der Waals surface area contributed by atoms with Crippen LogP contribution in [0, 0.1) is 13.8 Å². The molecule has 1 aliphatic rings. The van der Waals surface area contributed by atoms with E-state index in [1.807, 2.05) is 6.07 Å². The molecule has 2 N–H and O–H groups in total. The standard InChI is InChI=1S/C13H18ClNO/c1-8-6-10(14)12(16-3)11(9(8)2)13(7-15)4-5-13/h6H,4-5,7,15H2,1-3H3. The minimum atomic E-state index is 0.116. The highest BCUT2D eigenvalue weighted by Gasteiger charge is 2.46. The second-order valence-electron chi connectivity index (χ2n) is 4.69. The molecule has 0 amide bonds. The monoisotopic (exact) mass is 239 g/mol. The normalized spacial score (nSPS) is 17.3. The SMILES string of the molecule is COc1c(Cl)cc(C)c(C)c1C1(CN)CC1. The second-order valence-corrected chi connectivity index (χ2v) is 5.10. The molecule has 0 atom stereocenters. The Labute approximate surface area is 102 Å². The van der Waals surface area contributed by atoms with Gasteiger partial charge in [0.1, 0.15) is 5.75 Å². The van der Waals surface area contributed by atoms with E-state index in [0.717, 1.165) is 18.6 Å². The summed E-state index contributed by atoms with van der Waals surface area (Å²) < 4.78 is 5.45. The first-order valence-corrected chi connectivity index (χ1v) is 5.98. The van der Waals surface area contributed by atoms with Crippen molar-refractivity contribution in [1.29, 1.82) is 0 Å². The Hall–Kier alpha value is -0.730. The van der Waals surface area contributed by atoms with Gasteiger partial charge in [0.15, 0.2) is 0 Å². The molecule has 1 aromatic rings. The zero-order valence-corrected chi connectivity index (χ0v) is 10.8. The lowest BCUT2D eigenvalue weighted by atomic mass is 9.88. The molecule has 0 radical (unpaired) electrons. The van der Waals surface area contributed by atoms with Crippen molar-refractivity contribution in [2.45, 2.75) is 32.1 Å². The summed E-state index contributed by atoms with van der Waals surface area (Å²) in [5.74, 6) is 0.813. The van der Waals surface area contributed by atoms with E-state index in [2.05, 4.69) is 13.8 Å². The van der Waals surface area contributed by atoms with E-state index < -0.39 is 0 Å². The van der Waals surface area contributed by atoms with Crippen molar-refractivity contribution >= 4 is 11.6 Å². The lowest BCUT2D eigenvalue weighted by Gasteiger charge is -2.22. The molecule has 3 heteroatoms. The van der Waals surface area contributed by atoms with Crippen molar-refractivity contribution in [3.63, 3.8) is 0 Å². The van der Waals surface area contributed by atoms with E-state index in [1.54, 1.807) is 7.11 Å². The molecular formula is C13H18ClNO. The average Bonchev–Trinajstić information content (AvgIpc) is 3.03. The molecular weight excluding hydrogens is 222 g/mol. The molecule has 88 valence electrons. The van der Waals surface area contributed by atoms with Gasteiger partial charge in [-0.15, -0.1) is 0 Å². The van der Waals surface area contributed by atoms with Crippen molar-refractivity contribution in [3.05, 3.63) is 27.8 Å². The maximum absolute atomic E-state index is 6.23. The molecule has 0 aromatic heterocycles. The van der Waals surface area contributed by atoms with Gasteiger partial charge in [-0.2, -0.15) is 0 Å². The van der Waals surface area contributed by atoms with Crippen molar-refractivity contribution in [2.75, 3.05) is 13.7 Å². The summed E-state index contributed by atoms with van der Waals surface area (Å²) in [6.45, 7) is 4.87. The molecule has 0 spiro atoms. The second kappa shape index (κ2) is 3.94. The molecule has 0 aliphatic heterocycles. The van der Waals surface area contributed by atoms with Crippen LogP contribution in [0.2, 0.25) is 5.02 Å². The highest BCUT2D eigenvalue weighted by molar-refractivity contribution is 6.32. The highest BCUT2D eigenvalue weighted by atomic mass is 35.5. The van der Waals surface area contributed by atoms with E-state index in [0.29, 0.717) is 11.6 Å². The van der Waals surface area contributed by atoms with Gasteiger partial charge in [-0.3, -0.25) is 0 Å². The van der Waals surface area contributed by atoms with Crippen LogP contribution < -0.4 is 10.5 Å². The van der Waals surface area contributed by atoms with Gasteiger partial charge in [-0.25, -0.2) is 0 Å². The van der Waals surface area contributed by atoms with Gasteiger partial charge >= 0.3 is 0 Å². The van der Waals surface area contributed by atoms with Crippen molar-refractivity contribution in [3.8, 4) is 5.75 Å². The van der Waals surface area contributed by atoms with E-state index >= 15 is 0 Å². The minimum Gasteiger partial charge on any atom is -0.495 e. The van der Waals surface area contributed by atoms with E-state index in [-0.39, 0.29) is 5.41 Å². The smallest absolute Gasteiger partial charge is 0.141 e. The molecule has 1 saturated carbocycles. The highest BCUT2D eigenvalue weighted by Crippen LogP contribution is 2.53. The molecule has 0 heterocycles. The van der Waals surface area contributed by atoms with Gasteiger partial charge in [0, 0.05) is 17.5 Å². The largest absolute Gasteiger partial charge is 0.495 e. The number of halogens is 1. The summed E-state index contributed by atoms with van der Waals surface area (Å²) in [7, 11) is 1.67. The molecule has 0 saturated heterocycles. The number of hydrogen-bond donors (Lipinski definition) is 1. The topological polar surface area (TPSA) is 35.2 Å². The quantitative estimate of drug-likeness (QED) is 0.880. The summed E-state index contributed by atoms with van der Waals surface area (Å²) in [4.78, 5) is 0.